The molecule has 0 heterocycles. The average molecular weight is 146 g/mol. The minimum Gasteiger partial charge on any atom is -0.344 e. The minimum atomic E-state index is -1.04. The second-order valence-corrected chi connectivity index (χ2v) is 2.00. The standard InChI is InChI=1S/C7H14O3/c1-4-9-7(3,6-8)10-5-2/h6H,4-5H2,1-3H3. The van der Waals surface area contributed by atoms with E-state index in [1.165, 1.54) is 0 Å². The Hall–Kier alpha value is -0.410. The van der Waals surface area contributed by atoms with E-state index in [1.54, 1.807) is 6.92 Å². The van der Waals surface area contributed by atoms with E-state index in [4.69, 9.17) is 9.47 Å². The van der Waals surface area contributed by atoms with Crippen molar-refractivity contribution < 1.29 is 14.3 Å². The van der Waals surface area contributed by atoms with E-state index < -0.39 is 5.79 Å². The third-order valence-electron chi connectivity index (χ3n) is 1.08. The second kappa shape index (κ2) is 4.41. The first-order valence-corrected chi connectivity index (χ1v) is 3.42. The predicted molar refractivity (Wildman–Crippen MR) is 37.7 cm³/mol. The van der Waals surface area contributed by atoms with Crippen LogP contribution < -0.4 is 0 Å². The predicted octanol–water partition coefficient (Wildman–Crippen LogP) is 0.975. The molecule has 60 valence electrons. The van der Waals surface area contributed by atoms with Crippen LogP contribution in [-0.4, -0.2) is 25.3 Å². The summed E-state index contributed by atoms with van der Waals surface area (Å²) in [5, 5.41) is 0. The van der Waals surface area contributed by atoms with Crippen LogP contribution in [0.5, 0.6) is 0 Å². The minimum absolute atomic E-state index is 0.481. The van der Waals surface area contributed by atoms with Crippen LogP contribution in [0.25, 0.3) is 0 Å². The highest BCUT2D eigenvalue weighted by Gasteiger charge is 2.22. The van der Waals surface area contributed by atoms with Crippen molar-refractivity contribution in [2.45, 2.75) is 26.6 Å². The fourth-order valence-electron chi connectivity index (χ4n) is 0.683. The topological polar surface area (TPSA) is 35.5 Å². The highest BCUT2D eigenvalue weighted by molar-refractivity contribution is 5.59. The van der Waals surface area contributed by atoms with E-state index in [-0.39, 0.29) is 0 Å². The summed E-state index contributed by atoms with van der Waals surface area (Å²) in [6.07, 6.45) is 0.667. The molecule has 0 rings (SSSR count). The van der Waals surface area contributed by atoms with Crippen LogP contribution in [0.4, 0.5) is 0 Å². The number of carbonyl (C=O) groups excluding carboxylic acids is 1. The van der Waals surface area contributed by atoms with Crippen LogP contribution in [0.15, 0.2) is 0 Å². The lowest BCUT2D eigenvalue weighted by molar-refractivity contribution is -0.206. The van der Waals surface area contributed by atoms with E-state index in [0.717, 1.165) is 0 Å². The van der Waals surface area contributed by atoms with Gasteiger partial charge in [-0.3, -0.25) is 4.79 Å². The lowest BCUT2D eigenvalue weighted by Gasteiger charge is -2.21. The van der Waals surface area contributed by atoms with Gasteiger partial charge in [0.05, 0.1) is 0 Å². The van der Waals surface area contributed by atoms with E-state index in [0.29, 0.717) is 19.5 Å². The van der Waals surface area contributed by atoms with Crippen molar-refractivity contribution in [2.24, 2.45) is 0 Å². The fraction of sp³-hybridized carbons (Fsp3) is 0.857. The molecule has 0 aliphatic carbocycles. The van der Waals surface area contributed by atoms with Gasteiger partial charge in [-0.15, -0.1) is 0 Å². The molecule has 0 fully saturated rings. The van der Waals surface area contributed by atoms with Gasteiger partial charge in [0.2, 0.25) is 5.79 Å². The molecule has 0 amide bonds. The molecule has 0 aliphatic rings. The number of hydrogen-bond donors (Lipinski definition) is 0. The van der Waals surface area contributed by atoms with Crippen molar-refractivity contribution >= 4 is 6.29 Å². The molecular formula is C7H14O3. The quantitative estimate of drug-likeness (QED) is 0.428. The average Bonchev–Trinajstić information content (AvgIpc) is 1.89. The molecule has 0 saturated heterocycles. The molecule has 3 nitrogen and oxygen atoms in total. The summed E-state index contributed by atoms with van der Waals surface area (Å²) < 4.78 is 10.1. The maximum Gasteiger partial charge on any atom is 0.222 e. The molecule has 0 aromatic carbocycles. The summed E-state index contributed by atoms with van der Waals surface area (Å²) in [6, 6.07) is 0. The zero-order chi connectivity index (χ0) is 8.04. The summed E-state index contributed by atoms with van der Waals surface area (Å²) in [5.74, 6) is -1.04. The Labute approximate surface area is 61.3 Å². The first-order valence-electron chi connectivity index (χ1n) is 3.42. The molecule has 0 atom stereocenters. The highest BCUT2D eigenvalue weighted by atomic mass is 16.7. The Kier molecular flexibility index (Phi) is 4.23. The molecule has 0 aromatic rings. The van der Waals surface area contributed by atoms with Crippen LogP contribution in [-0.2, 0) is 14.3 Å². The van der Waals surface area contributed by atoms with E-state index >= 15 is 0 Å². The van der Waals surface area contributed by atoms with Gasteiger partial charge < -0.3 is 9.47 Å². The largest absolute Gasteiger partial charge is 0.344 e. The monoisotopic (exact) mass is 146 g/mol. The van der Waals surface area contributed by atoms with Crippen molar-refractivity contribution in [2.75, 3.05) is 13.2 Å². The highest BCUT2D eigenvalue weighted by Crippen LogP contribution is 2.07. The van der Waals surface area contributed by atoms with Gasteiger partial charge in [0.1, 0.15) is 0 Å². The lowest BCUT2D eigenvalue weighted by Crippen LogP contribution is -2.34. The lowest BCUT2D eigenvalue weighted by atomic mass is 10.3. The number of rotatable bonds is 5. The van der Waals surface area contributed by atoms with Gasteiger partial charge in [-0.25, -0.2) is 0 Å². The fourth-order valence-corrected chi connectivity index (χ4v) is 0.683. The van der Waals surface area contributed by atoms with Gasteiger partial charge in [-0.2, -0.15) is 0 Å². The van der Waals surface area contributed by atoms with Gasteiger partial charge >= 0.3 is 0 Å². The van der Waals surface area contributed by atoms with Crippen molar-refractivity contribution in [1.82, 2.24) is 0 Å². The Morgan fingerprint density at radius 3 is 1.90 bits per heavy atom. The van der Waals surface area contributed by atoms with Crippen molar-refractivity contribution in [1.29, 1.82) is 0 Å². The second-order valence-electron chi connectivity index (χ2n) is 2.00. The maximum atomic E-state index is 10.4. The van der Waals surface area contributed by atoms with Gasteiger partial charge in [0, 0.05) is 13.2 Å². The Balaban J connectivity index is 3.81. The summed E-state index contributed by atoms with van der Waals surface area (Å²) in [4.78, 5) is 10.4. The Morgan fingerprint density at radius 2 is 1.70 bits per heavy atom. The molecule has 0 bridgehead atoms. The third-order valence-corrected chi connectivity index (χ3v) is 1.08. The smallest absolute Gasteiger partial charge is 0.222 e. The van der Waals surface area contributed by atoms with Gasteiger partial charge in [-0.1, -0.05) is 0 Å². The molecule has 10 heavy (non-hydrogen) atoms. The zero-order valence-electron chi connectivity index (χ0n) is 6.72. The summed E-state index contributed by atoms with van der Waals surface area (Å²) in [6.45, 7) is 6.21. The van der Waals surface area contributed by atoms with Crippen LogP contribution in [0.3, 0.4) is 0 Å². The number of aldehydes is 1. The summed E-state index contributed by atoms with van der Waals surface area (Å²) >= 11 is 0. The Morgan fingerprint density at radius 1 is 1.30 bits per heavy atom. The van der Waals surface area contributed by atoms with Crippen LogP contribution in [0.2, 0.25) is 0 Å². The van der Waals surface area contributed by atoms with Crippen molar-refractivity contribution in [3.05, 3.63) is 0 Å². The number of carbonyl (C=O) groups is 1. The molecule has 0 N–H and O–H groups in total. The molecular weight excluding hydrogens is 132 g/mol. The van der Waals surface area contributed by atoms with Gasteiger partial charge in [-0.05, 0) is 20.8 Å². The van der Waals surface area contributed by atoms with Crippen molar-refractivity contribution in [3.8, 4) is 0 Å². The molecule has 0 unspecified atom stereocenters. The van der Waals surface area contributed by atoms with Gasteiger partial charge in [0.25, 0.3) is 0 Å². The van der Waals surface area contributed by atoms with E-state index in [9.17, 15) is 4.79 Å². The molecule has 0 radical (unpaired) electrons. The zero-order valence-corrected chi connectivity index (χ0v) is 6.72. The molecule has 0 aromatic heterocycles. The van der Waals surface area contributed by atoms with E-state index in [2.05, 4.69) is 0 Å². The van der Waals surface area contributed by atoms with Crippen LogP contribution in [0.1, 0.15) is 20.8 Å². The normalized spacial score (nSPS) is 11.5. The third kappa shape index (κ3) is 2.94. The molecule has 0 aliphatic heterocycles. The summed E-state index contributed by atoms with van der Waals surface area (Å²) in [5.41, 5.74) is 0. The van der Waals surface area contributed by atoms with Gasteiger partial charge in [0.15, 0.2) is 6.29 Å². The van der Waals surface area contributed by atoms with Crippen molar-refractivity contribution in [3.63, 3.8) is 0 Å². The van der Waals surface area contributed by atoms with Crippen LogP contribution >= 0.6 is 0 Å². The van der Waals surface area contributed by atoms with E-state index in [1.807, 2.05) is 13.8 Å². The molecule has 0 saturated carbocycles. The molecule has 3 heteroatoms. The Bertz CT molecular complexity index is 95.0. The molecule has 0 spiro atoms. The number of ether oxygens (including phenoxy) is 2. The SMILES string of the molecule is CCOC(C)(C=O)OCC. The first-order chi connectivity index (χ1) is 4.68. The number of hydrogen-bond acceptors (Lipinski definition) is 3. The first kappa shape index (κ1) is 9.59. The maximum absolute atomic E-state index is 10.4. The summed E-state index contributed by atoms with van der Waals surface area (Å²) in [7, 11) is 0. The van der Waals surface area contributed by atoms with Crippen LogP contribution in [0, 0.1) is 0 Å².